The number of fused-ring (bicyclic) bond motifs is 1. The highest BCUT2D eigenvalue weighted by molar-refractivity contribution is 6.04. The molecule has 2 rings (SSSR count). The van der Waals surface area contributed by atoms with Crippen molar-refractivity contribution in [1.82, 2.24) is 0 Å². The predicted molar refractivity (Wildman–Crippen MR) is 74.2 cm³/mol. The van der Waals surface area contributed by atoms with Crippen LogP contribution in [-0.2, 0) is 4.79 Å². The Morgan fingerprint density at radius 1 is 1.17 bits per heavy atom. The molecular weight excluding hydrogens is 226 g/mol. The van der Waals surface area contributed by atoms with E-state index in [1.807, 2.05) is 43.3 Å². The highest BCUT2D eigenvalue weighted by Crippen LogP contribution is 2.32. The highest BCUT2D eigenvalue weighted by Gasteiger charge is 2.11. The zero-order valence-electron chi connectivity index (χ0n) is 10.9. The summed E-state index contributed by atoms with van der Waals surface area (Å²) in [6, 6.07) is 11.8. The molecule has 0 aromatic heterocycles. The van der Waals surface area contributed by atoms with E-state index in [0.29, 0.717) is 6.61 Å². The molecule has 0 N–H and O–H groups in total. The molecule has 0 heterocycles. The number of carbonyl (C=O) groups excluding carboxylic acids is 1. The van der Waals surface area contributed by atoms with Crippen molar-refractivity contribution in [3.05, 3.63) is 36.4 Å². The maximum Gasteiger partial charge on any atom is 0.223 e. The minimum Gasteiger partial charge on any atom is -0.493 e. The normalized spacial score (nSPS) is 10.4. The predicted octanol–water partition coefficient (Wildman–Crippen LogP) is 3.22. The van der Waals surface area contributed by atoms with Gasteiger partial charge in [0, 0.05) is 24.7 Å². The van der Waals surface area contributed by atoms with Gasteiger partial charge in [-0.2, -0.15) is 0 Å². The van der Waals surface area contributed by atoms with Gasteiger partial charge in [-0.25, -0.2) is 0 Å². The minimum absolute atomic E-state index is 0.0179. The summed E-state index contributed by atoms with van der Waals surface area (Å²) in [5.41, 5.74) is 0.904. The third kappa shape index (κ3) is 2.16. The number of rotatable bonds is 3. The zero-order valence-corrected chi connectivity index (χ0v) is 10.9. The molecule has 0 aliphatic rings. The monoisotopic (exact) mass is 243 g/mol. The summed E-state index contributed by atoms with van der Waals surface area (Å²) in [6.45, 7) is 4.15. The zero-order chi connectivity index (χ0) is 13.1. The molecule has 0 saturated heterocycles. The smallest absolute Gasteiger partial charge is 0.223 e. The van der Waals surface area contributed by atoms with Crippen molar-refractivity contribution in [2.24, 2.45) is 0 Å². The van der Waals surface area contributed by atoms with Crippen molar-refractivity contribution in [2.75, 3.05) is 18.6 Å². The fraction of sp³-hybridized carbons (Fsp3) is 0.267. The fourth-order valence-electron chi connectivity index (χ4n) is 2.01. The van der Waals surface area contributed by atoms with Gasteiger partial charge in [0.05, 0.1) is 12.3 Å². The summed E-state index contributed by atoms with van der Waals surface area (Å²) in [4.78, 5) is 13.1. The molecule has 18 heavy (non-hydrogen) atoms. The van der Waals surface area contributed by atoms with Gasteiger partial charge in [-0.1, -0.05) is 24.3 Å². The molecule has 0 atom stereocenters. The van der Waals surface area contributed by atoms with E-state index in [9.17, 15) is 4.79 Å². The van der Waals surface area contributed by atoms with Crippen LogP contribution in [-0.4, -0.2) is 19.6 Å². The van der Waals surface area contributed by atoms with Gasteiger partial charge in [-0.3, -0.25) is 4.79 Å². The lowest BCUT2D eigenvalue weighted by Crippen LogP contribution is -2.22. The van der Waals surface area contributed by atoms with Gasteiger partial charge in [0.25, 0.3) is 0 Å². The Labute approximate surface area is 107 Å². The summed E-state index contributed by atoms with van der Waals surface area (Å²) in [5.74, 6) is 0.873. The molecule has 94 valence electrons. The van der Waals surface area contributed by atoms with Gasteiger partial charge in [-0.15, -0.1) is 0 Å². The summed E-state index contributed by atoms with van der Waals surface area (Å²) in [5, 5.41) is 2.06. The Morgan fingerprint density at radius 2 is 1.83 bits per heavy atom. The van der Waals surface area contributed by atoms with Gasteiger partial charge in [0.15, 0.2) is 0 Å². The third-order valence-corrected chi connectivity index (χ3v) is 2.99. The number of carbonyl (C=O) groups is 1. The van der Waals surface area contributed by atoms with Crippen LogP contribution in [0.4, 0.5) is 5.69 Å². The highest BCUT2D eigenvalue weighted by atomic mass is 16.5. The standard InChI is InChI=1S/C15H17NO2/c1-4-18-15-10-6-7-12-13(15)8-5-9-14(12)16(3)11(2)17/h5-10H,4H2,1-3H3. The third-order valence-electron chi connectivity index (χ3n) is 2.99. The second-order valence-electron chi connectivity index (χ2n) is 4.14. The molecule has 3 nitrogen and oxygen atoms in total. The van der Waals surface area contributed by atoms with Crippen molar-refractivity contribution in [2.45, 2.75) is 13.8 Å². The van der Waals surface area contributed by atoms with Crippen LogP contribution in [0.1, 0.15) is 13.8 Å². The van der Waals surface area contributed by atoms with Crippen LogP contribution >= 0.6 is 0 Å². The average molecular weight is 243 g/mol. The first kappa shape index (κ1) is 12.4. The first-order valence-electron chi connectivity index (χ1n) is 6.04. The van der Waals surface area contributed by atoms with Crippen molar-refractivity contribution in [1.29, 1.82) is 0 Å². The van der Waals surface area contributed by atoms with Crippen molar-refractivity contribution in [3.8, 4) is 5.75 Å². The Balaban J connectivity index is 2.63. The molecule has 0 unspecified atom stereocenters. The molecular formula is C15H17NO2. The van der Waals surface area contributed by atoms with Gasteiger partial charge in [0.1, 0.15) is 5.75 Å². The Bertz CT molecular complexity index is 578. The molecule has 2 aromatic carbocycles. The lowest BCUT2D eigenvalue weighted by molar-refractivity contribution is -0.116. The number of anilines is 1. The first-order chi connectivity index (χ1) is 8.65. The van der Waals surface area contributed by atoms with Crippen LogP contribution < -0.4 is 9.64 Å². The van der Waals surface area contributed by atoms with E-state index in [4.69, 9.17) is 4.74 Å². The van der Waals surface area contributed by atoms with E-state index in [1.54, 1.807) is 18.9 Å². The molecule has 0 aliphatic carbocycles. The van der Waals surface area contributed by atoms with Crippen LogP contribution in [0.2, 0.25) is 0 Å². The minimum atomic E-state index is 0.0179. The lowest BCUT2D eigenvalue weighted by Gasteiger charge is -2.18. The quantitative estimate of drug-likeness (QED) is 0.828. The fourth-order valence-corrected chi connectivity index (χ4v) is 2.01. The maximum atomic E-state index is 11.5. The lowest BCUT2D eigenvalue weighted by atomic mass is 10.1. The molecule has 0 saturated carbocycles. The number of ether oxygens (including phenoxy) is 1. The summed E-state index contributed by atoms with van der Waals surface area (Å²) in [6.07, 6.45) is 0. The molecule has 0 spiro atoms. The van der Waals surface area contributed by atoms with Gasteiger partial charge in [0.2, 0.25) is 5.91 Å². The van der Waals surface area contributed by atoms with Crippen molar-refractivity contribution < 1.29 is 9.53 Å². The Kier molecular flexibility index (Phi) is 3.51. The first-order valence-corrected chi connectivity index (χ1v) is 6.04. The Morgan fingerprint density at radius 3 is 2.50 bits per heavy atom. The van der Waals surface area contributed by atoms with E-state index in [-0.39, 0.29) is 5.91 Å². The SMILES string of the molecule is CCOc1cccc2c(N(C)C(C)=O)cccc12. The molecule has 1 amide bonds. The van der Waals surface area contributed by atoms with Crippen LogP contribution in [0.25, 0.3) is 10.8 Å². The second kappa shape index (κ2) is 5.08. The van der Waals surface area contributed by atoms with E-state index < -0.39 is 0 Å². The molecule has 0 aliphatic heterocycles. The molecule has 0 fully saturated rings. The number of hydrogen-bond donors (Lipinski definition) is 0. The van der Waals surface area contributed by atoms with Crippen molar-refractivity contribution in [3.63, 3.8) is 0 Å². The number of hydrogen-bond acceptors (Lipinski definition) is 2. The molecule has 0 radical (unpaired) electrons. The number of nitrogens with zero attached hydrogens (tertiary/aromatic N) is 1. The van der Waals surface area contributed by atoms with E-state index in [1.165, 1.54) is 0 Å². The van der Waals surface area contributed by atoms with Crippen LogP contribution in [0.5, 0.6) is 5.75 Å². The molecule has 3 heteroatoms. The van der Waals surface area contributed by atoms with Crippen molar-refractivity contribution >= 4 is 22.4 Å². The number of amides is 1. The maximum absolute atomic E-state index is 11.5. The molecule has 0 bridgehead atoms. The average Bonchev–Trinajstić information content (AvgIpc) is 2.38. The Hall–Kier alpha value is -2.03. The summed E-state index contributed by atoms with van der Waals surface area (Å²) in [7, 11) is 1.78. The summed E-state index contributed by atoms with van der Waals surface area (Å²) < 4.78 is 5.61. The van der Waals surface area contributed by atoms with E-state index in [0.717, 1.165) is 22.2 Å². The molecule has 2 aromatic rings. The van der Waals surface area contributed by atoms with E-state index >= 15 is 0 Å². The van der Waals surface area contributed by atoms with Crippen LogP contribution in [0, 0.1) is 0 Å². The van der Waals surface area contributed by atoms with E-state index in [2.05, 4.69) is 0 Å². The second-order valence-corrected chi connectivity index (χ2v) is 4.14. The topological polar surface area (TPSA) is 29.5 Å². The van der Waals surface area contributed by atoms with Gasteiger partial charge >= 0.3 is 0 Å². The number of benzene rings is 2. The van der Waals surface area contributed by atoms with Gasteiger partial charge < -0.3 is 9.64 Å². The van der Waals surface area contributed by atoms with Crippen LogP contribution in [0.15, 0.2) is 36.4 Å². The summed E-state index contributed by atoms with van der Waals surface area (Å²) >= 11 is 0. The van der Waals surface area contributed by atoms with Crippen LogP contribution in [0.3, 0.4) is 0 Å². The largest absolute Gasteiger partial charge is 0.493 e. The van der Waals surface area contributed by atoms with Gasteiger partial charge in [-0.05, 0) is 19.1 Å².